The first kappa shape index (κ1) is 20.6. The van der Waals surface area contributed by atoms with E-state index in [0.717, 1.165) is 16.1 Å². The van der Waals surface area contributed by atoms with E-state index in [1.54, 1.807) is 12.1 Å². The third-order valence-electron chi connectivity index (χ3n) is 4.38. The van der Waals surface area contributed by atoms with Crippen molar-refractivity contribution in [2.45, 2.75) is 18.7 Å². The Morgan fingerprint density at radius 3 is 2.14 bits per heavy atom. The van der Waals surface area contributed by atoms with Crippen LogP contribution in [0.2, 0.25) is 0 Å². The molecule has 0 aliphatic heterocycles. The highest BCUT2D eigenvalue weighted by molar-refractivity contribution is 8.00. The quantitative estimate of drug-likeness (QED) is 0.535. The lowest BCUT2D eigenvalue weighted by Gasteiger charge is -2.08. The van der Waals surface area contributed by atoms with Crippen LogP contribution in [0.1, 0.15) is 21.5 Å². The number of benzene rings is 3. The molecule has 0 bridgehead atoms. The van der Waals surface area contributed by atoms with Crippen molar-refractivity contribution in [3.63, 3.8) is 0 Å². The third kappa shape index (κ3) is 5.93. The van der Waals surface area contributed by atoms with Gasteiger partial charge in [0.25, 0.3) is 5.91 Å². The Hall–Kier alpha value is -3.12. The maximum Gasteiger partial charge on any atom is 0.255 e. The molecule has 0 aromatic heterocycles. The summed E-state index contributed by atoms with van der Waals surface area (Å²) in [4.78, 5) is 25.2. The van der Waals surface area contributed by atoms with Gasteiger partial charge in [-0.1, -0.05) is 6.07 Å². The molecular formula is C23H21FN2O2S. The molecule has 0 heterocycles. The van der Waals surface area contributed by atoms with Gasteiger partial charge in [0.2, 0.25) is 5.91 Å². The van der Waals surface area contributed by atoms with Crippen LogP contribution in [-0.4, -0.2) is 17.6 Å². The molecule has 2 N–H and O–H groups in total. The summed E-state index contributed by atoms with van der Waals surface area (Å²) in [5.41, 5.74) is 4.12. The number of rotatable bonds is 6. The second-order valence-electron chi connectivity index (χ2n) is 6.62. The Bertz CT molecular complexity index is 1020. The Balaban J connectivity index is 1.50. The summed E-state index contributed by atoms with van der Waals surface area (Å²) in [6.45, 7) is 4.04. The van der Waals surface area contributed by atoms with Gasteiger partial charge in [-0.05, 0) is 85.6 Å². The fraction of sp³-hybridized carbons (Fsp3) is 0.130. The summed E-state index contributed by atoms with van der Waals surface area (Å²) in [6.07, 6.45) is 0. The first-order chi connectivity index (χ1) is 13.9. The first-order valence-corrected chi connectivity index (χ1v) is 10.1. The highest BCUT2D eigenvalue weighted by atomic mass is 32.2. The van der Waals surface area contributed by atoms with Crippen LogP contribution in [0, 0.1) is 19.7 Å². The molecule has 0 unspecified atom stereocenters. The molecule has 4 nitrogen and oxygen atoms in total. The molecule has 0 radical (unpaired) electrons. The number of halogens is 1. The third-order valence-corrected chi connectivity index (χ3v) is 5.39. The summed E-state index contributed by atoms with van der Waals surface area (Å²) in [5, 5.41) is 5.66. The highest BCUT2D eigenvalue weighted by Gasteiger charge is 2.08. The molecular weight excluding hydrogens is 387 g/mol. The topological polar surface area (TPSA) is 58.2 Å². The van der Waals surface area contributed by atoms with E-state index in [9.17, 15) is 14.0 Å². The molecule has 148 valence electrons. The lowest BCUT2D eigenvalue weighted by Crippen LogP contribution is -2.14. The molecule has 6 heteroatoms. The van der Waals surface area contributed by atoms with Gasteiger partial charge in [0, 0.05) is 21.8 Å². The number of amides is 2. The molecule has 0 saturated heterocycles. The Morgan fingerprint density at radius 1 is 0.828 bits per heavy atom. The molecule has 0 spiro atoms. The van der Waals surface area contributed by atoms with Crippen LogP contribution >= 0.6 is 11.8 Å². The highest BCUT2D eigenvalue weighted by Crippen LogP contribution is 2.21. The smallest absolute Gasteiger partial charge is 0.255 e. The average molecular weight is 408 g/mol. The van der Waals surface area contributed by atoms with Crippen LogP contribution in [0.5, 0.6) is 0 Å². The summed E-state index contributed by atoms with van der Waals surface area (Å²) in [6, 6.07) is 18.4. The first-order valence-electron chi connectivity index (χ1n) is 9.07. The van der Waals surface area contributed by atoms with Crippen molar-refractivity contribution in [1.82, 2.24) is 0 Å². The molecule has 2 amide bonds. The largest absolute Gasteiger partial charge is 0.325 e. The zero-order chi connectivity index (χ0) is 20.8. The maximum atomic E-state index is 12.9. The molecule has 0 atom stereocenters. The van der Waals surface area contributed by atoms with Gasteiger partial charge in [0.05, 0.1) is 5.75 Å². The molecule has 3 aromatic carbocycles. The minimum atomic E-state index is -0.385. The van der Waals surface area contributed by atoms with Crippen LogP contribution in [0.25, 0.3) is 0 Å². The van der Waals surface area contributed by atoms with Gasteiger partial charge in [-0.15, -0.1) is 11.8 Å². The fourth-order valence-electron chi connectivity index (χ4n) is 2.60. The number of carbonyl (C=O) groups is 2. The van der Waals surface area contributed by atoms with Gasteiger partial charge >= 0.3 is 0 Å². The van der Waals surface area contributed by atoms with Crippen LogP contribution in [-0.2, 0) is 4.79 Å². The van der Waals surface area contributed by atoms with Gasteiger partial charge in [0.15, 0.2) is 0 Å². The molecule has 0 fully saturated rings. The Kier molecular flexibility index (Phi) is 6.67. The summed E-state index contributed by atoms with van der Waals surface area (Å²) < 4.78 is 12.9. The zero-order valence-corrected chi connectivity index (χ0v) is 17.0. The van der Waals surface area contributed by atoms with E-state index in [0.29, 0.717) is 11.3 Å². The second kappa shape index (κ2) is 9.39. The molecule has 0 aliphatic rings. The van der Waals surface area contributed by atoms with Gasteiger partial charge in [0.1, 0.15) is 5.82 Å². The lowest BCUT2D eigenvalue weighted by molar-refractivity contribution is -0.113. The number of anilines is 2. The van der Waals surface area contributed by atoms with Gasteiger partial charge in [-0.25, -0.2) is 4.39 Å². The number of nitrogens with one attached hydrogen (secondary N) is 2. The Labute approximate surface area is 173 Å². The van der Waals surface area contributed by atoms with E-state index in [1.807, 2.05) is 44.2 Å². The Morgan fingerprint density at radius 2 is 1.48 bits per heavy atom. The van der Waals surface area contributed by atoms with E-state index >= 15 is 0 Å². The van der Waals surface area contributed by atoms with Gasteiger partial charge < -0.3 is 10.6 Å². The molecule has 29 heavy (non-hydrogen) atoms. The lowest BCUT2D eigenvalue weighted by atomic mass is 10.1. The minimum absolute atomic E-state index is 0.0769. The molecule has 3 aromatic rings. The maximum absolute atomic E-state index is 12.9. The van der Waals surface area contributed by atoms with Crippen molar-refractivity contribution in [2.24, 2.45) is 0 Å². The summed E-state index contributed by atoms with van der Waals surface area (Å²) in [5.74, 6) is -0.483. The minimum Gasteiger partial charge on any atom is -0.325 e. The average Bonchev–Trinajstić information content (AvgIpc) is 2.71. The zero-order valence-electron chi connectivity index (χ0n) is 16.2. The van der Waals surface area contributed by atoms with Gasteiger partial charge in [-0.2, -0.15) is 0 Å². The number of hydrogen-bond donors (Lipinski definition) is 2. The van der Waals surface area contributed by atoms with E-state index in [1.165, 1.54) is 41.6 Å². The van der Waals surface area contributed by atoms with Crippen molar-refractivity contribution in [1.29, 1.82) is 0 Å². The monoisotopic (exact) mass is 408 g/mol. The summed E-state index contributed by atoms with van der Waals surface area (Å²) >= 11 is 1.41. The van der Waals surface area contributed by atoms with Crippen molar-refractivity contribution in [3.8, 4) is 0 Å². The van der Waals surface area contributed by atoms with Crippen molar-refractivity contribution in [2.75, 3.05) is 16.4 Å². The number of hydrogen-bond acceptors (Lipinski definition) is 3. The SMILES string of the molecule is Cc1ccc(NC(=O)CSc2ccc(NC(=O)c3ccc(F)cc3)cc2)cc1C. The van der Waals surface area contributed by atoms with E-state index in [4.69, 9.17) is 0 Å². The van der Waals surface area contributed by atoms with Crippen molar-refractivity contribution >= 4 is 35.0 Å². The van der Waals surface area contributed by atoms with Gasteiger partial charge in [-0.3, -0.25) is 9.59 Å². The summed E-state index contributed by atoms with van der Waals surface area (Å²) in [7, 11) is 0. The van der Waals surface area contributed by atoms with E-state index in [-0.39, 0.29) is 23.4 Å². The molecule has 0 saturated carbocycles. The van der Waals surface area contributed by atoms with E-state index < -0.39 is 0 Å². The van der Waals surface area contributed by atoms with E-state index in [2.05, 4.69) is 10.6 Å². The molecule has 0 aliphatic carbocycles. The normalized spacial score (nSPS) is 10.4. The van der Waals surface area contributed by atoms with Crippen LogP contribution in [0.3, 0.4) is 0 Å². The van der Waals surface area contributed by atoms with Crippen molar-refractivity contribution < 1.29 is 14.0 Å². The van der Waals surface area contributed by atoms with Crippen LogP contribution in [0.4, 0.5) is 15.8 Å². The van der Waals surface area contributed by atoms with Crippen LogP contribution < -0.4 is 10.6 Å². The second-order valence-corrected chi connectivity index (χ2v) is 7.67. The standard InChI is InChI=1S/C23H21FN2O2S/c1-15-3-8-20(13-16(15)2)25-22(27)14-29-21-11-9-19(10-12-21)26-23(28)17-4-6-18(24)7-5-17/h3-13H,14H2,1-2H3,(H,25,27)(H,26,28). The molecule has 3 rings (SSSR count). The number of thioether (sulfide) groups is 1. The number of carbonyl (C=O) groups excluding carboxylic acids is 2. The van der Waals surface area contributed by atoms with Crippen LogP contribution in [0.15, 0.2) is 71.6 Å². The number of aryl methyl sites for hydroxylation is 2. The van der Waals surface area contributed by atoms with Crippen molar-refractivity contribution in [3.05, 3.63) is 89.2 Å². The fourth-order valence-corrected chi connectivity index (χ4v) is 3.30. The predicted molar refractivity (Wildman–Crippen MR) is 116 cm³/mol. The predicted octanol–water partition coefficient (Wildman–Crippen LogP) is 5.43.